The first-order valence-electron chi connectivity index (χ1n) is 7.50. The van der Waals surface area contributed by atoms with Gasteiger partial charge in [-0.15, -0.1) is 10.2 Å². The summed E-state index contributed by atoms with van der Waals surface area (Å²) < 4.78 is 13.8. The van der Waals surface area contributed by atoms with E-state index in [2.05, 4.69) is 31.4 Å². The molecule has 8 heteroatoms. The van der Waals surface area contributed by atoms with Crippen molar-refractivity contribution >= 4 is 55.9 Å². The van der Waals surface area contributed by atoms with E-state index in [0.717, 1.165) is 26.9 Å². The molecule has 4 nitrogen and oxygen atoms in total. The van der Waals surface area contributed by atoms with Crippen molar-refractivity contribution in [2.24, 2.45) is 0 Å². The molecule has 0 saturated carbocycles. The van der Waals surface area contributed by atoms with E-state index in [1.54, 1.807) is 18.2 Å². The first-order valence-corrected chi connectivity index (χ1v) is 9.49. The van der Waals surface area contributed by atoms with Crippen LogP contribution in [0.3, 0.4) is 0 Å². The zero-order chi connectivity index (χ0) is 18.5. The average molecular weight is 453 g/mol. The van der Waals surface area contributed by atoms with Gasteiger partial charge in [0.2, 0.25) is 5.01 Å². The zero-order valence-electron chi connectivity index (χ0n) is 13.2. The molecule has 26 heavy (non-hydrogen) atoms. The van der Waals surface area contributed by atoms with Crippen molar-refractivity contribution in [2.75, 3.05) is 0 Å². The molecule has 1 N–H and O–H groups in total. The molecule has 0 fully saturated rings. The van der Waals surface area contributed by atoms with Crippen LogP contribution in [0.4, 0.5) is 4.39 Å². The second-order valence-corrected chi connectivity index (χ2v) is 7.57. The molecule has 1 heterocycles. The van der Waals surface area contributed by atoms with Crippen molar-refractivity contribution in [1.82, 2.24) is 15.5 Å². The van der Waals surface area contributed by atoms with Crippen LogP contribution in [0.15, 0.2) is 53.0 Å². The van der Waals surface area contributed by atoms with Gasteiger partial charge in [-0.3, -0.25) is 4.79 Å². The fraction of sp³-hybridized carbons (Fsp3) is 0.0556. The van der Waals surface area contributed by atoms with Crippen LogP contribution in [0.25, 0.3) is 11.1 Å². The highest BCUT2D eigenvalue weighted by molar-refractivity contribution is 9.10. The highest BCUT2D eigenvalue weighted by Crippen LogP contribution is 2.26. The molecule has 0 radical (unpaired) electrons. The third kappa shape index (κ3) is 4.97. The molecular weight excluding hydrogens is 441 g/mol. The lowest BCUT2D eigenvalue weighted by Gasteiger charge is -2.02. The van der Waals surface area contributed by atoms with Crippen molar-refractivity contribution < 1.29 is 9.18 Å². The smallest absolute Gasteiger partial charge is 0.282 e. The Kier molecular flexibility index (Phi) is 6.13. The minimum Gasteiger partial charge on any atom is -0.346 e. The number of carbonyl (C=O) groups is 1. The Morgan fingerprint density at radius 1 is 1.19 bits per heavy atom. The molecule has 0 atom stereocenters. The minimum atomic E-state index is -0.356. The summed E-state index contributed by atoms with van der Waals surface area (Å²) in [5.74, 6) is -0.675. The first kappa shape index (κ1) is 18.7. The number of benzene rings is 2. The number of rotatable bonds is 5. The summed E-state index contributed by atoms with van der Waals surface area (Å²) in [5, 5.41) is 11.6. The molecule has 132 valence electrons. The maximum atomic E-state index is 12.9. The highest BCUT2D eigenvalue weighted by atomic mass is 79.9. The summed E-state index contributed by atoms with van der Waals surface area (Å²) in [6, 6.07) is 13.5. The summed E-state index contributed by atoms with van der Waals surface area (Å²) in [6.07, 6.45) is 1.76. The van der Waals surface area contributed by atoms with E-state index < -0.39 is 0 Å². The van der Waals surface area contributed by atoms with Crippen molar-refractivity contribution in [3.63, 3.8) is 0 Å². The maximum absolute atomic E-state index is 12.9. The largest absolute Gasteiger partial charge is 0.346 e. The third-order valence-corrected chi connectivity index (χ3v) is 5.18. The second kappa shape index (κ2) is 8.53. The number of hydrogen-bond donors (Lipinski definition) is 1. The maximum Gasteiger partial charge on any atom is 0.282 e. The van der Waals surface area contributed by atoms with E-state index in [-0.39, 0.29) is 23.3 Å². The van der Waals surface area contributed by atoms with E-state index in [0.29, 0.717) is 10.0 Å². The standard InChI is InChI=1S/C18H12BrClFN3OS/c19-13-3-1-2-12(8-13)9-15(20)17-23-24-18(26-17)16(25)22-10-11-4-6-14(21)7-5-11/h1-9H,10H2,(H,22,25). The number of hydrogen-bond acceptors (Lipinski definition) is 4. The lowest BCUT2D eigenvalue weighted by molar-refractivity contribution is 0.0950. The van der Waals surface area contributed by atoms with Crippen molar-refractivity contribution in [2.45, 2.75) is 6.54 Å². The van der Waals surface area contributed by atoms with Gasteiger partial charge in [0.25, 0.3) is 5.91 Å². The van der Waals surface area contributed by atoms with Gasteiger partial charge < -0.3 is 5.32 Å². The van der Waals surface area contributed by atoms with E-state index in [4.69, 9.17) is 11.6 Å². The summed E-state index contributed by atoms with van der Waals surface area (Å²) >= 11 is 10.8. The Bertz CT molecular complexity index is 959. The molecule has 0 aliphatic heterocycles. The monoisotopic (exact) mass is 451 g/mol. The number of carbonyl (C=O) groups excluding carboxylic acids is 1. The van der Waals surface area contributed by atoms with Crippen molar-refractivity contribution in [3.05, 3.63) is 80.0 Å². The normalized spacial score (nSPS) is 11.4. The van der Waals surface area contributed by atoms with Gasteiger partial charge in [0.05, 0.1) is 5.03 Å². The van der Waals surface area contributed by atoms with Gasteiger partial charge in [-0.25, -0.2) is 4.39 Å². The Hall–Kier alpha value is -2.09. The molecule has 0 aliphatic carbocycles. The number of amides is 1. The Morgan fingerprint density at radius 3 is 2.65 bits per heavy atom. The van der Waals surface area contributed by atoms with Crippen LogP contribution in [-0.4, -0.2) is 16.1 Å². The molecular formula is C18H12BrClFN3OS. The van der Waals surface area contributed by atoms with Gasteiger partial charge in [-0.1, -0.05) is 63.1 Å². The van der Waals surface area contributed by atoms with Crippen LogP contribution in [0.5, 0.6) is 0 Å². The molecule has 0 spiro atoms. The lowest BCUT2D eigenvalue weighted by Crippen LogP contribution is -2.22. The van der Waals surface area contributed by atoms with E-state index in [1.807, 2.05) is 24.3 Å². The first-order chi connectivity index (χ1) is 12.5. The fourth-order valence-electron chi connectivity index (χ4n) is 2.08. The quantitative estimate of drug-likeness (QED) is 0.585. The van der Waals surface area contributed by atoms with Gasteiger partial charge >= 0.3 is 0 Å². The SMILES string of the molecule is O=C(NCc1ccc(F)cc1)c1nnc(C(Cl)=Cc2cccc(Br)c2)s1. The van der Waals surface area contributed by atoms with Crippen LogP contribution in [0.1, 0.15) is 25.9 Å². The van der Waals surface area contributed by atoms with Gasteiger partial charge in [0.1, 0.15) is 5.82 Å². The zero-order valence-corrected chi connectivity index (χ0v) is 16.4. The topological polar surface area (TPSA) is 54.9 Å². The number of nitrogens with zero attached hydrogens (tertiary/aromatic N) is 2. The van der Waals surface area contributed by atoms with Crippen LogP contribution in [0, 0.1) is 5.82 Å². The van der Waals surface area contributed by atoms with Crippen molar-refractivity contribution in [1.29, 1.82) is 0 Å². The molecule has 0 unspecified atom stereocenters. The molecule has 1 amide bonds. The van der Waals surface area contributed by atoms with Crippen LogP contribution in [0.2, 0.25) is 0 Å². The summed E-state index contributed by atoms with van der Waals surface area (Å²) in [6.45, 7) is 0.273. The molecule has 0 bridgehead atoms. The Labute approximate surface area is 166 Å². The predicted molar refractivity (Wildman–Crippen MR) is 105 cm³/mol. The lowest BCUT2D eigenvalue weighted by atomic mass is 10.2. The van der Waals surface area contributed by atoms with Crippen molar-refractivity contribution in [3.8, 4) is 0 Å². The molecule has 0 aliphatic rings. The summed E-state index contributed by atoms with van der Waals surface area (Å²) in [7, 11) is 0. The Balaban J connectivity index is 1.66. The van der Waals surface area contributed by atoms with Crippen LogP contribution in [-0.2, 0) is 6.54 Å². The minimum absolute atomic E-state index is 0.211. The average Bonchev–Trinajstić information content (AvgIpc) is 3.11. The fourth-order valence-corrected chi connectivity index (χ4v) is 3.44. The number of nitrogens with one attached hydrogen (secondary N) is 1. The number of aromatic nitrogens is 2. The van der Waals surface area contributed by atoms with Crippen LogP contribution < -0.4 is 5.32 Å². The Morgan fingerprint density at radius 2 is 1.92 bits per heavy atom. The van der Waals surface area contributed by atoms with E-state index in [1.165, 1.54) is 12.1 Å². The predicted octanol–water partition coefficient (Wildman–Crippen LogP) is 5.11. The second-order valence-electron chi connectivity index (χ2n) is 5.27. The third-order valence-electron chi connectivity index (χ3n) is 3.33. The highest BCUT2D eigenvalue weighted by Gasteiger charge is 2.14. The van der Waals surface area contributed by atoms with Gasteiger partial charge in [-0.05, 0) is 41.5 Å². The molecule has 3 aromatic rings. The van der Waals surface area contributed by atoms with E-state index in [9.17, 15) is 9.18 Å². The van der Waals surface area contributed by atoms with Crippen LogP contribution >= 0.6 is 38.9 Å². The summed E-state index contributed by atoms with van der Waals surface area (Å²) in [4.78, 5) is 12.2. The van der Waals surface area contributed by atoms with Gasteiger partial charge in [0, 0.05) is 11.0 Å². The number of halogens is 3. The molecule has 2 aromatic carbocycles. The molecule has 1 aromatic heterocycles. The van der Waals surface area contributed by atoms with Gasteiger partial charge in [0.15, 0.2) is 5.01 Å². The van der Waals surface area contributed by atoms with Gasteiger partial charge in [-0.2, -0.15) is 0 Å². The molecule has 0 saturated heterocycles. The van der Waals surface area contributed by atoms with E-state index >= 15 is 0 Å². The molecule has 3 rings (SSSR count). The summed E-state index contributed by atoms with van der Waals surface area (Å²) in [5.41, 5.74) is 1.69.